The third-order valence-electron chi connectivity index (χ3n) is 8.73. The van der Waals surface area contributed by atoms with E-state index < -0.39 is 0 Å². The van der Waals surface area contributed by atoms with E-state index in [1.165, 1.54) is 32.9 Å². The van der Waals surface area contributed by atoms with Crippen LogP contribution in [0.25, 0.3) is 49.7 Å². The van der Waals surface area contributed by atoms with Gasteiger partial charge in [0.15, 0.2) is 0 Å². The van der Waals surface area contributed by atoms with Crippen molar-refractivity contribution in [2.45, 2.75) is 0 Å². The first-order valence-electron chi connectivity index (χ1n) is 15.6. The molecule has 3 nitrogen and oxygen atoms in total. The summed E-state index contributed by atoms with van der Waals surface area (Å²) in [6.07, 6.45) is 0. The zero-order chi connectivity index (χ0) is 30.9. The van der Waals surface area contributed by atoms with Crippen molar-refractivity contribution in [1.82, 2.24) is 4.57 Å². The van der Waals surface area contributed by atoms with Gasteiger partial charge in [-0.3, -0.25) is 0 Å². The lowest BCUT2D eigenvalue weighted by molar-refractivity contribution is 0.415. The number of ether oxygens (including phenoxy) is 1. The Labute approximate surface area is 269 Å². The smallest absolute Gasteiger partial charge is 0.118 e. The topological polar surface area (TPSA) is 17.4 Å². The van der Waals surface area contributed by atoms with Crippen LogP contribution in [-0.4, -0.2) is 11.7 Å². The van der Waals surface area contributed by atoms with Gasteiger partial charge in [0.05, 0.1) is 18.1 Å². The Morgan fingerprint density at radius 3 is 1.26 bits per heavy atom. The van der Waals surface area contributed by atoms with E-state index in [-0.39, 0.29) is 0 Å². The molecule has 0 fully saturated rings. The summed E-state index contributed by atoms with van der Waals surface area (Å²) in [4.78, 5) is 2.32. The summed E-state index contributed by atoms with van der Waals surface area (Å²) in [6, 6.07) is 62.5. The van der Waals surface area contributed by atoms with Crippen LogP contribution < -0.4 is 9.64 Å². The number of nitrogens with zero attached hydrogens (tertiary/aromatic N) is 2. The summed E-state index contributed by atoms with van der Waals surface area (Å²) in [5.41, 5.74) is 11.5. The predicted octanol–water partition coefficient (Wildman–Crippen LogP) is 11.6. The normalized spacial score (nSPS) is 11.2. The number of rotatable bonds is 7. The molecule has 0 aliphatic rings. The van der Waals surface area contributed by atoms with Crippen molar-refractivity contribution in [3.8, 4) is 33.7 Å². The van der Waals surface area contributed by atoms with Crippen molar-refractivity contribution in [3.63, 3.8) is 0 Å². The Hall–Kier alpha value is -6.06. The van der Waals surface area contributed by atoms with Crippen LogP contribution in [0.5, 0.6) is 5.75 Å². The molecule has 0 N–H and O–H groups in total. The van der Waals surface area contributed by atoms with E-state index in [1.807, 2.05) is 12.1 Å². The van der Waals surface area contributed by atoms with Crippen LogP contribution in [0.1, 0.15) is 0 Å². The molecule has 0 spiro atoms. The van der Waals surface area contributed by atoms with Gasteiger partial charge in [-0.05, 0) is 95.1 Å². The van der Waals surface area contributed by atoms with Crippen molar-refractivity contribution in [2.75, 3.05) is 12.0 Å². The zero-order valence-electron chi connectivity index (χ0n) is 25.5. The third-order valence-corrected chi connectivity index (χ3v) is 8.73. The minimum Gasteiger partial charge on any atom is -0.497 e. The molecule has 7 aromatic carbocycles. The molecule has 1 aromatic heterocycles. The maximum Gasteiger partial charge on any atom is 0.118 e. The number of aromatic nitrogens is 1. The minimum atomic E-state index is 0.856. The lowest BCUT2D eigenvalue weighted by Crippen LogP contribution is -2.10. The summed E-state index contributed by atoms with van der Waals surface area (Å²) < 4.78 is 7.71. The molecule has 0 amide bonds. The molecule has 0 unspecified atom stereocenters. The lowest BCUT2D eigenvalue weighted by atomic mass is 10.0. The zero-order valence-corrected chi connectivity index (χ0v) is 25.5. The van der Waals surface area contributed by atoms with Crippen molar-refractivity contribution < 1.29 is 4.74 Å². The summed E-state index contributed by atoms with van der Waals surface area (Å²) in [5.74, 6) is 0.856. The van der Waals surface area contributed by atoms with Crippen molar-refractivity contribution in [3.05, 3.63) is 176 Å². The lowest BCUT2D eigenvalue weighted by Gasteiger charge is -2.26. The molecule has 3 heteroatoms. The summed E-state index contributed by atoms with van der Waals surface area (Å²) in [5, 5.41) is 2.53. The molecule has 8 aromatic rings. The first kappa shape index (κ1) is 27.5. The second-order valence-electron chi connectivity index (χ2n) is 11.4. The Morgan fingerprint density at radius 1 is 0.391 bits per heavy atom. The molecule has 46 heavy (non-hydrogen) atoms. The molecule has 0 bridgehead atoms. The standard InChI is InChI=1S/C43H32N2O/c1-46-39-29-19-34(20-30-39)33-17-23-36(24-18-33)44(35-21-15-32(16-22-35)31-9-3-2-4-10-31)37-25-27-38(28-26-37)45-42-13-7-5-11-40(42)41-12-6-8-14-43(41)45/h2-30H,1H3. The molecular formula is C43H32N2O. The highest BCUT2D eigenvalue weighted by Crippen LogP contribution is 2.38. The average molecular weight is 593 g/mol. The molecule has 0 saturated heterocycles. The summed E-state index contributed by atoms with van der Waals surface area (Å²) >= 11 is 0. The van der Waals surface area contributed by atoms with Crippen LogP contribution in [0.4, 0.5) is 17.1 Å². The van der Waals surface area contributed by atoms with E-state index in [1.54, 1.807) is 7.11 Å². The SMILES string of the molecule is COc1ccc(-c2ccc(N(c3ccc(-c4ccccc4)cc3)c3ccc(-n4c5ccccc5c5ccccc54)cc3)cc2)cc1. The van der Waals surface area contributed by atoms with Crippen molar-refractivity contribution in [2.24, 2.45) is 0 Å². The summed E-state index contributed by atoms with van der Waals surface area (Å²) in [6.45, 7) is 0. The maximum atomic E-state index is 5.36. The van der Waals surface area contributed by atoms with Gasteiger partial charge in [-0.15, -0.1) is 0 Å². The highest BCUT2D eigenvalue weighted by Gasteiger charge is 2.16. The molecule has 0 aliphatic heterocycles. The van der Waals surface area contributed by atoms with E-state index >= 15 is 0 Å². The van der Waals surface area contributed by atoms with Crippen molar-refractivity contribution >= 4 is 38.9 Å². The van der Waals surface area contributed by atoms with Crippen molar-refractivity contribution in [1.29, 1.82) is 0 Å². The minimum absolute atomic E-state index is 0.856. The molecule has 0 atom stereocenters. The van der Waals surface area contributed by atoms with Crippen LogP contribution in [-0.2, 0) is 0 Å². The second-order valence-corrected chi connectivity index (χ2v) is 11.4. The number of hydrogen-bond donors (Lipinski definition) is 0. The number of para-hydroxylation sites is 2. The summed E-state index contributed by atoms with van der Waals surface area (Å²) in [7, 11) is 1.69. The molecule has 8 rings (SSSR count). The predicted molar refractivity (Wildman–Crippen MR) is 193 cm³/mol. The first-order chi connectivity index (χ1) is 22.8. The fraction of sp³-hybridized carbons (Fsp3) is 0.0233. The molecule has 0 saturated carbocycles. The molecule has 220 valence electrons. The van der Waals surface area contributed by atoms with Gasteiger partial charge in [0, 0.05) is 33.5 Å². The van der Waals surface area contributed by atoms with Gasteiger partial charge >= 0.3 is 0 Å². The third kappa shape index (κ3) is 4.98. The van der Waals surface area contributed by atoms with Gasteiger partial charge in [-0.2, -0.15) is 0 Å². The van der Waals surface area contributed by atoms with E-state index in [0.29, 0.717) is 0 Å². The first-order valence-corrected chi connectivity index (χ1v) is 15.6. The Bertz CT molecular complexity index is 2200. The molecule has 0 aliphatic carbocycles. The van der Waals surface area contributed by atoms with E-state index in [0.717, 1.165) is 39.6 Å². The number of hydrogen-bond acceptors (Lipinski definition) is 2. The highest BCUT2D eigenvalue weighted by atomic mass is 16.5. The second kappa shape index (κ2) is 11.8. The molecular weight excluding hydrogens is 560 g/mol. The van der Waals surface area contributed by atoms with Gasteiger partial charge in [0.1, 0.15) is 5.75 Å². The maximum absolute atomic E-state index is 5.36. The number of benzene rings is 7. The van der Waals surface area contributed by atoms with Gasteiger partial charge in [0.2, 0.25) is 0 Å². The van der Waals surface area contributed by atoms with E-state index in [4.69, 9.17) is 4.74 Å². The van der Waals surface area contributed by atoms with Gasteiger partial charge in [-0.1, -0.05) is 103 Å². The fourth-order valence-corrected chi connectivity index (χ4v) is 6.42. The largest absolute Gasteiger partial charge is 0.497 e. The van der Waals surface area contributed by atoms with E-state index in [2.05, 4.69) is 173 Å². The number of fused-ring (bicyclic) bond motifs is 3. The van der Waals surface area contributed by atoms with Gasteiger partial charge in [0.25, 0.3) is 0 Å². The highest BCUT2D eigenvalue weighted by molar-refractivity contribution is 6.09. The molecule has 0 radical (unpaired) electrons. The fourth-order valence-electron chi connectivity index (χ4n) is 6.42. The monoisotopic (exact) mass is 592 g/mol. The van der Waals surface area contributed by atoms with Crippen LogP contribution >= 0.6 is 0 Å². The van der Waals surface area contributed by atoms with Crippen LogP contribution in [0, 0.1) is 0 Å². The Balaban J connectivity index is 1.20. The average Bonchev–Trinajstić information content (AvgIpc) is 3.47. The van der Waals surface area contributed by atoms with Crippen LogP contribution in [0.15, 0.2) is 176 Å². The Kier molecular flexibility index (Phi) is 7.05. The van der Waals surface area contributed by atoms with E-state index in [9.17, 15) is 0 Å². The quantitative estimate of drug-likeness (QED) is 0.183. The van der Waals surface area contributed by atoms with Gasteiger partial charge in [-0.25, -0.2) is 0 Å². The van der Waals surface area contributed by atoms with Gasteiger partial charge < -0.3 is 14.2 Å². The number of methoxy groups -OCH3 is 1. The number of anilines is 3. The van der Waals surface area contributed by atoms with Crippen LogP contribution in [0.2, 0.25) is 0 Å². The van der Waals surface area contributed by atoms with Crippen LogP contribution in [0.3, 0.4) is 0 Å². The Morgan fingerprint density at radius 2 is 0.783 bits per heavy atom. The molecule has 1 heterocycles.